The minimum Gasteiger partial charge on any atom is -0.463 e. The third-order valence-electron chi connectivity index (χ3n) is 7.43. The predicted octanol–water partition coefficient (Wildman–Crippen LogP) is 3.43. The van der Waals surface area contributed by atoms with Crippen molar-refractivity contribution in [2.45, 2.75) is 84.3 Å². The Labute approximate surface area is 184 Å². The lowest BCUT2D eigenvalue weighted by molar-refractivity contribution is -0.179. The fraction of sp³-hybridized carbons (Fsp3) is 0.875. The van der Waals surface area contributed by atoms with Crippen molar-refractivity contribution < 1.29 is 33.3 Å². The molecule has 0 aromatic heterocycles. The van der Waals surface area contributed by atoms with Gasteiger partial charge in [0.05, 0.1) is 17.9 Å². The SMILES string of the molecule is CC1CC1(CC(C)(C)C)C(=O)OCCOCC(=O)OC12CC3CC(C1)OC(=O)C(C3)C2. The Bertz CT molecular complexity index is 741. The Morgan fingerprint density at radius 2 is 1.84 bits per heavy atom. The maximum atomic E-state index is 12.6. The van der Waals surface area contributed by atoms with Crippen LogP contribution in [-0.4, -0.2) is 49.4 Å². The van der Waals surface area contributed by atoms with E-state index in [0.29, 0.717) is 24.7 Å². The summed E-state index contributed by atoms with van der Waals surface area (Å²) in [5.41, 5.74) is -0.902. The van der Waals surface area contributed by atoms with Gasteiger partial charge in [-0.1, -0.05) is 27.7 Å². The monoisotopic (exact) mass is 436 g/mol. The van der Waals surface area contributed by atoms with Crippen molar-refractivity contribution >= 4 is 17.9 Å². The second kappa shape index (κ2) is 8.05. The zero-order valence-electron chi connectivity index (χ0n) is 19.2. The van der Waals surface area contributed by atoms with Crippen molar-refractivity contribution in [3.05, 3.63) is 0 Å². The normalized spacial score (nSPS) is 38.4. The van der Waals surface area contributed by atoms with E-state index >= 15 is 0 Å². The molecule has 2 saturated heterocycles. The van der Waals surface area contributed by atoms with E-state index in [2.05, 4.69) is 27.7 Å². The summed E-state index contributed by atoms with van der Waals surface area (Å²) in [6.07, 6.45) is 5.19. The summed E-state index contributed by atoms with van der Waals surface area (Å²) in [6.45, 7) is 8.59. The van der Waals surface area contributed by atoms with Crippen LogP contribution in [0.3, 0.4) is 0 Å². The Kier molecular flexibility index (Phi) is 5.86. The molecule has 6 atom stereocenters. The lowest BCUT2D eigenvalue weighted by atomic mass is 9.65. The van der Waals surface area contributed by atoms with E-state index in [0.717, 1.165) is 32.1 Å². The molecule has 0 spiro atoms. The summed E-state index contributed by atoms with van der Waals surface area (Å²) in [7, 11) is 0. The van der Waals surface area contributed by atoms with E-state index in [1.807, 2.05) is 0 Å². The second-order valence-corrected chi connectivity index (χ2v) is 11.5. The molecule has 4 bridgehead atoms. The van der Waals surface area contributed by atoms with Crippen molar-refractivity contribution in [3.8, 4) is 0 Å². The maximum Gasteiger partial charge on any atom is 0.332 e. The van der Waals surface area contributed by atoms with E-state index in [-0.39, 0.29) is 54.6 Å². The zero-order valence-corrected chi connectivity index (χ0v) is 19.2. The fourth-order valence-corrected chi connectivity index (χ4v) is 6.30. The summed E-state index contributed by atoms with van der Waals surface area (Å²) in [6, 6.07) is 0. The Hall–Kier alpha value is -1.63. The van der Waals surface area contributed by atoms with Gasteiger partial charge in [-0.2, -0.15) is 0 Å². The van der Waals surface area contributed by atoms with Crippen molar-refractivity contribution in [1.82, 2.24) is 0 Å². The summed E-state index contributed by atoms with van der Waals surface area (Å²) in [4.78, 5) is 37.1. The van der Waals surface area contributed by atoms with Crippen LogP contribution in [0, 0.1) is 28.6 Å². The predicted molar refractivity (Wildman–Crippen MR) is 111 cm³/mol. The molecule has 2 aliphatic heterocycles. The Morgan fingerprint density at radius 1 is 1.10 bits per heavy atom. The largest absolute Gasteiger partial charge is 0.463 e. The fourth-order valence-electron chi connectivity index (χ4n) is 6.30. The molecule has 174 valence electrons. The maximum absolute atomic E-state index is 12.6. The van der Waals surface area contributed by atoms with Crippen LogP contribution in [0.1, 0.15) is 72.6 Å². The van der Waals surface area contributed by atoms with Gasteiger partial charge in [0, 0.05) is 12.8 Å². The first-order chi connectivity index (χ1) is 14.5. The van der Waals surface area contributed by atoms with E-state index in [1.54, 1.807) is 0 Å². The second-order valence-electron chi connectivity index (χ2n) is 11.5. The molecule has 3 aliphatic carbocycles. The van der Waals surface area contributed by atoms with Crippen LogP contribution < -0.4 is 0 Å². The third-order valence-corrected chi connectivity index (χ3v) is 7.43. The van der Waals surface area contributed by atoms with Gasteiger partial charge in [-0.3, -0.25) is 9.59 Å². The molecular formula is C24H36O7. The standard InChI is InChI=1S/C24H36O7/c1-15-9-24(15,14-22(2,3)4)21(27)29-6-5-28-13-19(25)31-23-10-16-7-17(11-23)20(26)30-18(8-16)12-23/h15-18H,5-14H2,1-4H3. The van der Waals surface area contributed by atoms with Crippen LogP contribution in [-0.2, 0) is 33.3 Å². The van der Waals surface area contributed by atoms with Crippen LogP contribution >= 0.6 is 0 Å². The lowest BCUT2D eigenvalue weighted by Crippen LogP contribution is -2.48. The average molecular weight is 437 g/mol. The molecule has 31 heavy (non-hydrogen) atoms. The number of hydrogen-bond acceptors (Lipinski definition) is 7. The highest BCUT2D eigenvalue weighted by Gasteiger charge is 2.59. The van der Waals surface area contributed by atoms with Crippen LogP contribution in [0.2, 0.25) is 0 Å². The summed E-state index contributed by atoms with van der Waals surface area (Å²) >= 11 is 0. The van der Waals surface area contributed by atoms with Crippen molar-refractivity contribution in [3.63, 3.8) is 0 Å². The van der Waals surface area contributed by atoms with Gasteiger partial charge in [-0.05, 0) is 49.4 Å². The minimum absolute atomic E-state index is 0.0653. The number of carbonyl (C=O) groups is 3. The molecule has 7 heteroatoms. The van der Waals surface area contributed by atoms with Crippen molar-refractivity contribution in [1.29, 1.82) is 0 Å². The van der Waals surface area contributed by atoms with E-state index in [9.17, 15) is 14.4 Å². The number of carbonyl (C=O) groups excluding carboxylic acids is 3. The number of hydrogen-bond donors (Lipinski definition) is 0. The molecule has 0 aromatic carbocycles. The van der Waals surface area contributed by atoms with Crippen LogP contribution in [0.25, 0.3) is 0 Å². The summed E-state index contributed by atoms with van der Waals surface area (Å²) in [5, 5.41) is 0. The molecule has 5 fully saturated rings. The van der Waals surface area contributed by atoms with Gasteiger partial charge in [-0.25, -0.2) is 4.79 Å². The first-order valence-electron chi connectivity index (χ1n) is 11.7. The molecule has 5 rings (SSSR count). The van der Waals surface area contributed by atoms with Gasteiger partial charge >= 0.3 is 17.9 Å². The van der Waals surface area contributed by atoms with Gasteiger partial charge in [-0.15, -0.1) is 0 Å². The van der Waals surface area contributed by atoms with Gasteiger partial charge in [0.25, 0.3) is 0 Å². The molecule has 6 unspecified atom stereocenters. The Balaban J connectivity index is 1.19. The van der Waals surface area contributed by atoms with E-state index < -0.39 is 11.6 Å². The summed E-state index contributed by atoms with van der Waals surface area (Å²) < 4.78 is 22.3. The zero-order chi connectivity index (χ0) is 22.4. The third kappa shape index (κ3) is 4.91. The van der Waals surface area contributed by atoms with Crippen LogP contribution in [0.4, 0.5) is 0 Å². The summed E-state index contributed by atoms with van der Waals surface area (Å²) in [5.74, 6) is -0.170. The van der Waals surface area contributed by atoms with E-state index in [1.165, 1.54) is 0 Å². The van der Waals surface area contributed by atoms with Gasteiger partial charge in [0.15, 0.2) is 0 Å². The van der Waals surface area contributed by atoms with Crippen molar-refractivity contribution in [2.75, 3.05) is 19.8 Å². The molecule has 2 heterocycles. The first kappa shape index (κ1) is 22.6. The number of rotatable bonds is 8. The Morgan fingerprint density at radius 3 is 2.52 bits per heavy atom. The molecular weight excluding hydrogens is 400 g/mol. The first-order valence-corrected chi connectivity index (χ1v) is 11.7. The van der Waals surface area contributed by atoms with E-state index in [4.69, 9.17) is 18.9 Å². The quantitative estimate of drug-likeness (QED) is 0.327. The smallest absolute Gasteiger partial charge is 0.332 e. The van der Waals surface area contributed by atoms with Crippen LogP contribution in [0.15, 0.2) is 0 Å². The van der Waals surface area contributed by atoms with Gasteiger partial charge < -0.3 is 18.9 Å². The van der Waals surface area contributed by atoms with Crippen LogP contribution in [0.5, 0.6) is 0 Å². The number of fused-ring (bicyclic) bond motifs is 1. The molecule has 0 N–H and O–H groups in total. The number of esters is 3. The van der Waals surface area contributed by atoms with Gasteiger partial charge in [0.1, 0.15) is 24.9 Å². The highest BCUT2D eigenvalue weighted by atomic mass is 16.6. The van der Waals surface area contributed by atoms with Gasteiger partial charge in [0.2, 0.25) is 0 Å². The number of ether oxygens (including phenoxy) is 4. The van der Waals surface area contributed by atoms with Crippen molar-refractivity contribution in [2.24, 2.45) is 28.6 Å². The minimum atomic E-state index is -0.600. The average Bonchev–Trinajstić information content (AvgIpc) is 3.31. The molecule has 0 radical (unpaired) electrons. The molecule has 0 aromatic rings. The topological polar surface area (TPSA) is 88.1 Å². The molecule has 3 saturated carbocycles. The molecule has 7 nitrogen and oxygen atoms in total. The molecule has 5 aliphatic rings. The highest BCUT2D eigenvalue weighted by molar-refractivity contribution is 5.80. The molecule has 0 amide bonds. The lowest BCUT2D eigenvalue weighted by Gasteiger charge is -2.45. The highest BCUT2D eigenvalue weighted by Crippen LogP contribution is 2.59.